The maximum atomic E-state index is 4.78. The molecule has 0 heterocycles. The van der Waals surface area contributed by atoms with E-state index < -0.39 is 0 Å². The molecule has 68 heavy (non-hydrogen) atoms. The standard InChI is InChI=1S/2C30H22S4/c1-3-9-23(10-4-1)31-27-13-7-15-29(21-27)33-25-17-19-26(20-18-25)34-30-16-8-14-28(22-30)32-24-11-5-2-6-12-24;31-29-19-23(22-9-3-1-4-10-22)17-18-30(29)34-28-16-8-15-27(21-28)33-26-14-7-13-25(20-26)32-24-11-5-2-6-12-24/h1-22H;1-21,31H. The van der Waals surface area contributed by atoms with Crippen LogP contribution < -0.4 is 0 Å². The molecule has 10 rings (SSSR count). The summed E-state index contributed by atoms with van der Waals surface area (Å²) in [5.74, 6) is 0. The Morgan fingerprint density at radius 2 is 0.456 bits per heavy atom. The van der Waals surface area contributed by atoms with Crippen molar-refractivity contribution in [3.63, 3.8) is 0 Å². The van der Waals surface area contributed by atoms with Gasteiger partial charge in [0.25, 0.3) is 0 Å². The van der Waals surface area contributed by atoms with Gasteiger partial charge in [-0.3, -0.25) is 0 Å². The average molecular weight is 1020 g/mol. The number of thiol groups is 1. The van der Waals surface area contributed by atoms with Crippen LogP contribution >= 0.6 is 95.0 Å². The molecule has 8 heteroatoms. The second-order valence-electron chi connectivity index (χ2n) is 15.1. The fourth-order valence-electron chi connectivity index (χ4n) is 6.80. The molecular weight excluding hydrogens is 977 g/mol. The summed E-state index contributed by atoms with van der Waals surface area (Å²) in [4.78, 5) is 18.4. The van der Waals surface area contributed by atoms with Gasteiger partial charge in [-0.25, -0.2) is 0 Å². The maximum absolute atomic E-state index is 4.78. The van der Waals surface area contributed by atoms with Gasteiger partial charge in [-0.2, -0.15) is 0 Å². The molecule has 0 amide bonds. The van der Waals surface area contributed by atoms with Gasteiger partial charge in [-0.15, -0.1) is 12.6 Å². The van der Waals surface area contributed by atoms with E-state index in [1.165, 1.54) is 74.8 Å². The second kappa shape index (κ2) is 25.0. The summed E-state index contributed by atoms with van der Waals surface area (Å²) in [6.07, 6.45) is 0. The van der Waals surface area contributed by atoms with Crippen molar-refractivity contribution < 1.29 is 0 Å². The van der Waals surface area contributed by atoms with Gasteiger partial charge in [0.2, 0.25) is 0 Å². The lowest BCUT2D eigenvalue weighted by atomic mass is 10.1. The molecule has 0 nitrogen and oxygen atoms in total. The zero-order valence-electron chi connectivity index (χ0n) is 36.6. The van der Waals surface area contributed by atoms with E-state index in [1.54, 1.807) is 82.3 Å². The molecule has 0 radical (unpaired) electrons. The van der Waals surface area contributed by atoms with Crippen molar-refractivity contribution >= 4 is 95.0 Å². The molecule has 0 aliphatic heterocycles. The number of rotatable bonds is 15. The first-order valence-electron chi connectivity index (χ1n) is 21.8. The Labute approximate surface area is 436 Å². The van der Waals surface area contributed by atoms with Gasteiger partial charge in [0.05, 0.1) is 0 Å². The molecule has 0 spiro atoms. The predicted octanol–water partition coefficient (Wildman–Crippen LogP) is 20.4. The highest BCUT2D eigenvalue weighted by atomic mass is 32.2. The van der Waals surface area contributed by atoms with Crippen LogP contribution in [0.25, 0.3) is 11.1 Å². The molecule has 10 aromatic carbocycles. The minimum Gasteiger partial charge on any atom is -0.142 e. The number of benzene rings is 10. The number of hydrogen-bond acceptors (Lipinski definition) is 8. The van der Waals surface area contributed by atoms with Crippen LogP contribution in [0.15, 0.2) is 334 Å². The monoisotopic (exact) mass is 1020 g/mol. The van der Waals surface area contributed by atoms with Gasteiger partial charge < -0.3 is 0 Å². The van der Waals surface area contributed by atoms with Crippen LogP contribution in [0.1, 0.15) is 0 Å². The fraction of sp³-hybridized carbons (Fsp3) is 0. The minimum atomic E-state index is 0.995. The van der Waals surface area contributed by atoms with Gasteiger partial charge in [0.15, 0.2) is 0 Å². The molecule has 10 aromatic rings. The smallest absolute Gasteiger partial charge is 0.0256 e. The Morgan fingerprint density at radius 1 is 0.191 bits per heavy atom. The van der Waals surface area contributed by atoms with E-state index in [9.17, 15) is 0 Å². The second-order valence-corrected chi connectivity index (χ2v) is 23.6. The number of hydrogen-bond donors (Lipinski definition) is 1. The molecule has 0 aliphatic rings. The molecule has 0 atom stereocenters. The van der Waals surface area contributed by atoms with Crippen LogP contribution in [0.2, 0.25) is 0 Å². The Kier molecular flexibility index (Phi) is 17.7. The largest absolute Gasteiger partial charge is 0.142 e. The average Bonchev–Trinajstić information content (AvgIpc) is 3.37. The summed E-state index contributed by atoms with van der Waals surface area (Å²) in [6, 6.07) is 92.3. The Balaban J connectivity index is 0.000000170. The van der Waals surface area contributed by atoms with E-state index in [1.807, 2.05) is 6.07 Å². The Morgan fingerprint density at radius 3 is 0.779 bits per heavy atom. The van der Waals surface area contributed by atoms with Crippen LogP contribution in [0.5, 0.6) is 0 Å². The van der Waals surface area contributed by atoms with E-state index in [0.29, 0.717) is 0 Å². The molecule has 0 fully saturated rings. The molecule has 0 bridgehead atoms. The van der Waals surface area contributed by atoms with Crippen molar-refractivity contribution in [2.24, 2.45) is 0 Å². The van der Waals surface area contributed by atoms with Crippen LogP contribution in [0, 0.1) is 0 Å². The van der Waals surface area contributed by atoms with Crippen LogP contribution in [-0.2, 0) is 0 Å². The van der Waals surface area contributed by atoms with Crippen molar-refractivity contribution in [1.82, 2.24) is 0 Å². The zero-order valence-corrected chi connectivity index (χ0v) is 43.2. The van der Waals surface area contributed by atoms with Crippen LogP contribution in [0.3, 0.4) is 0 Å². The normalized spacial score (nSPS) is 10.8. The summed E-state index contributed by atoms with van der Waals surface area (Å²) in [5, 5.41) is 0. The molecule has 0 aliphatic carbocycles. The molecule has 0 unspecified atom stereocenters. The zero-order chi connectivity index (χ0) is 46.2. The van der Waals surface area contributed by atoms with Gasteiger partial charge in [0.1, 0.15) is 0 Å². The minimum absolute atomic E-state index is 0.995. The first-order chi connectivity index (χ1) is 33.5. The van der Waals surface area contributed by atoms with E-state index in [0.717, 1.165) is 9.79 Å². The Hall–Kier alpha value is -5.00. The topological polar surface area (TPSA) is 0 Å². The van der Waals surface area contributed by atoms with E-state index in [2.05, 4.69) is 255 Å². The van der Waals surface area contributed by atoms with Gasteiger partial charge in [-0.05, 0) is 157 Å². The predicted molar refractivity (Wildman–Crippen MR) is 300 cm³/mol. The van der Waals surface area contributed by atoms with Gasteiger partial charge in [0, 0.05) is 73.4 Å². The molecule has 0 saturated heterocycles. The first-order valence-corrected chi connectivity index (χ1v) is 28.0. The summed E-state index contributed by atoms with van der Waals surface area (Å²) in [7, 11) is 0. The van der Waals surface area contributed by atoms with Crippen molar-refractivity contribution in [2.75, 3.05) is 0 Å². The highest BCUT2D eigenvalue weighted by Crippen LogP contribution is 2.40. The van der Waals surface area contributed by atoms with E-state index in [-0.39, 0.29) is 0 Å². The molecule has 0 saturated carbocycles. The van der Waals surface area contributed by atoms with Crippen molar-refractivity contribution in [1.29, 1.82) is 0 Å². The lowest BCUT2D eigenvalue weighted by Crippen LogP contribution is -1.82. The summed E-state index contributed by atoms with van der Waals surface area (Å²) in [5.41, 5.74) is 2.40. The third-order valence-corrected chi connectivity index (χ3v) is 17.5. The van der Waals surface area contributed by atoms with Crippen molar-refractivity contribution in [3.05, 3.63) is 261 Å². The third-order valence-electron chi connectivity index (χ3n) is 9.98. The highest BCUT2D eigenvalue weighted by Gasteiger charge is 2.09. The molecule has 0 aromatic heterocycles. The lowest BCUT2D eigenvalue weighted by Gasteiger charge is -2.10. The lowest BCUT2D eigenvalue weighted by molar-refractivity contribution is 1.24. The Bertz CT molecular complexity index is 3040. The van der Waals surface area contributed by atoms with Crippen LogP contribution in [-0.4, -0.2) is 0 Å². The van der Waals surface area contributed by atoms with E-state index >= 15 is 0 Å². The van der Waals surface area contributed by atoms with Crippen molar-refractivity contribution in [3.8, 4) is 11.1 Å². The fourth-order valence-corrected chi connectivity index (χ4v) is 13.7. The third kappa shape index (κ3) is 14.8. The van der Waals surface area contributed by atoms with Gasteiger partial charge >= 0.3 is 0 Å². The summed E-state index contributed by atoms with van der Waals surface area (Å²) < 4.78 is 0. The first kappa shape index (κ1) is 48.0. The van der Waals surface area contributed by atoms with Crippen molar-refractivity contribution in [2.45, 2.75) is 73.4 Å². The SMILES string of the molecule is Sc1cc(-c2ccccc2)ccc1Sc1cccc(Sc2cccc(Sc3ccccc3)c2)c1.c1ccc(Sc2cccc(Sc3ccc(Sc4cccc(Sc5ccccc5)c4)cc3)c2)cc1. The quantitative estimate of drug-likeness (QED) is 0.100. The summed E-state index contributed by atoms with van der Waals surface area (Å²) >= 11 is 17.3. The molecule has 0 N–H and O–H groups in total. The molecule has 332 valence electrons. The summed E-state index contributed by atoms with van der Waals surface area (Å²) in [6.45, 7) is 0. The molecular formula is C60H44S8. The van der Waals surface area contributed by atoms with E-state index in [4.69, 9.17) is 12.6 Å². The highest BCUT2D eigenvalue weighted by molar-refractivity contribution is 8.01. The maximum Gasteiger partial charge on any atom is 0.0256 e. The van der Waals surface area contributed by atoms with Gasteiger partial charge in [-0.1, -0.05) is 198 Å². The van der Waals surface area contributed by atoms with Crippen LogP contribution in [0.4, 0.5) is 0 Å².